The lowest BCUT2D eigenvalue weighted by atomic mass is 10.2. The van der Waals surface area contributed by atoms with Gasteiger partial charge < -0.3 is 5.11 Å². The molecule has 0 aliphatic heterocycles. The third kappa shape index (κ3) is 1.67. The lowest BCUT2D eigenvalue weighted by molar-refractivity contribution is 0.0702. The van der Waals surface area contributed by atoms with Gasteiger partial charge in [0, 0.05) is 4.88 Å². The summed E-state index contributed by atoms with van der Waals surface area (Å²) >= 11 is 1.28. The Kier molecular flexibility index (Phi) is 2.33. The summed E-state index contributed by atoms with van der Waals surface area (Å²) in [7, 11) is 0. The number of hydrogen-bond donors (Lipinski definition) is 1. The summed E-state index contributed by atoms with van der Waals surface area (Å²) in [5.74, 6) is -0.872. The number of rotatable bonds is 2. The Morgan fingerprint density at radius 3 is 2.50 bits per heavy atom. The Bertz CT molecular complexity index is 445. The second kappa shape index (κ2) is 3.64. The number of hydrogen-bond acceptors (Lipinski definition) is 2. The summed E-state index contributed by atoms with van der Waals surface area (Å²) in [6.45, 7) is 0. The van der Waals surface area contributed by atoms with Crippen molar-refractivity contribution in [2.24, 2.45) is 0 Å². The Morgan fingerprint density at radius 2 is 1.93 bits per heavy atom. The smallest absolute Gasteiger partial charge is 0.345 e. The summed E-state index contributed by atoms with van der Waals surface area (Å²) in [6, 6.07) is 13.8. The molecule has 1 N–H and O–H groups in total. The van der Waals surface area contributed by atoms with Crippen LogP contribution in [0.25, 0.3) is 10.4 Å². The minimum Gasteiger partial charge on any atom is -0.477 e. The fourth-order valence-corrected chi connectivity index (χ4v) is 2.01. The predicted molar refractivity (Wildman–Crippen MR) is 55.6 cm³/mol. The average Bonchev–Trinajstić information content (AvgIpc) is 2.68. The maximum Gasteiger partial charge on any atom is 0.345 e. The third-order valence-corrected chi connectivity index (χ3v) is 2.94. The maximum absolute atomic E-state index is 10.6. The topological polar surface area (TPSA) is 37.3 Å². The van der Waals surface area contributed by atoms with Gasteiger partial charge >= 0.3 is 5.97 Å². The van der Waals surface area contributed by atoms with Gasteiger partial charge in [-0.15, -0.1) is 11.3 Å². The van der Waals surface area contributed by atoms with Crippen molar-refractivity contribution in [1.82, 2.24) is 0 Å². The maximum atomic E-state index is 10.6. The van der Waals surface area contributed by atoms with Crippen molar-refractivity contribution in [3.8, 4) is 10.4 Å². The Hall–Kier alpha value is -1.61. The molecular weight excluding hydrogens is 196 g/mol. The molecule has 0 aliphatic rings. The monoisotopic (exact) mass is 203 g/mol. The van der Waals surface area contributed by atoms with Gasteiger partial charge in [0.1, 0.15) is 4.88 Å². The van der Waals surface area contributed by atoms with Crippen LogP contribution in [0.15, 0.2) is 36.4 Å². The van der Waals surface area contributed by atoms with Gasteiger partial charge in [0.25, 0.3) is 0 Å². The Labute approximate surface area is 85.4 Å². The molecule has 2 rings (SSSR count). The van der Waals surface area contributed by atoms with Crippen molar-refractivity contribution in [1.29, 1.82) is 0 Å². The predicted octanol–water partition coefficient (Wildman–Crippen LogP) is 2.91. The largest absolute Gasteiger partial charge is 0.477 e. The van der Waals surface area contributed by atoms with Gasteiger partial charge in [-0.1, -0.05) is 24.3 Å². The summed E-state index contributed by atoms with van der Waals surface area (Å²) < 4.78 is 0. The highest BCUT2D eigenvalue weighted by Crippen LogP contribution is 2.27. The normalized spacial score (nSPS) is 10.0. The molecule has 0 unspecified atom stereocenters. The molecule has 2 aromatic rings. The second-order valence-electron chi connectivity index (χ2n) is 2.76. The highest BCUT2D eigenvalue weighted by atomic mass is 32.1. The van der Waals surface area contributed by atoms with E-state index in [1.54, 1.807) is 6.07 Å². The van der Waals surface area contributed by atoms with Crippen molar-refractivity contribution in [3.63, 3.8) is 0 Å². The zero-order chi connectivity index (χ0) is 9.97. The third-order valence-electron chi connectivity index (χ3n) is 1.82. The lowest BCUT2D eigenvalue weighted by Crippen LogP contribution is -1.89. The summed E-state index contributed by atoms with van der Waals surface area (Å²) in [4.78, 5) is 12.0. The summed E-state index contributed by atoms with van der Waals surface area (Å²) in [5.41, 5.74) is 1.03. The molecule has 0 spiro atoms. The fraction of sp³-hybridized carbons (Fsp3) is 0. The number of carboxylic acid groups (broad SMARTS) is 1. The minimum absolute atomic E-state index is 0.368. The Morgan fingerprint density at radius 1 is 1.21 bits per heavy atom. The van der Waals surface area contributed by atoms with E-state index in [-0.39, 0.29) is 0 Å². The first kappa shape index (κ1) is 8.97. The van der Waals surface area contributed by atoms with E-state index in [1.807, 2.05) is 30.3 Å². The summed E-state index contributed by atoms with van der Waals surface area (Å²) in [5, 5.41) is 8.75. The minimum atomic E-state index is -0.872. The van der Waals surface area contributed by atoms with Gasteiger partial charge in [-0.05, 0) is 23.8 Å². The van der Waals surface area contributed by atoms with Gasteiger partial charge in [0.15, 0.2) is 0 Å². The first-order chi connectivity index (χ1) is 6.77. The molecule has 0 bridgehead atoms. The van der Waals surface area contributed by atoms with Gasteiger partial charge in [-0.3, -0.25) is 0 Å². The molecule has 0 amide bonds. The van der Waals surface area contributed by atoms with Crippen LogP contribution in [0.5, 0.6) is 0 Å². The van der Waals surface area contributed by atoms with Crippen LogP contribution < -0.4 is 0 Å². The van der Waals surface area contributed by atoms with Gasteiger partial charge in [-0.25, -0.2) is 4.79 Å². The van der Waals surface area contributed by atoms with E-state index in [0.717, 1.165) is 10.4 Å². The van der Waals surface area contributed by atoms with Crippen LogP contribution in [0.4, 0.5) is 0 Å². The average molecular weight is 203 g/mol. The van der Waals surface area contributed by atoms with Crippen LogP contribution >= 0.6 is 11.3 Å². The van der Waals surface area contributed by atoms with Gasteiger partial charge in [0.05, 0.1) is 0 Å². The molecule has 0 fully saturated rings. The lowest BCUT2D eigenvalue weighted by Gasteiger charge is -1.93. The van der Waals surface area contributed by atoms with Crippen molar-refractivity contribution < 1.29 is 9.90 Å². The Balaban J connectivity index is 2.39. The van der Waals surface area contributed by atoms with E-state index in [4.69, 9.17) is 5.11 Å². The molecule has 1 heterocycles. The second-order valence-corrected chi connectivity index (χ2v) is 3.84. The van der Waals surface area contributed by atoms with Crippen molar-refractivity contribution in [2.75, 3.05) is 0 Å². The molecule has 69 valence electrons. The standard InChI is InChI=1S/C11H7O2S/c12-11(13)10-7-6-9(14-10)8-4-2-1-3-5-8/h2-7H,(H,12,13). The molecule has 0 saturated carbocycles. The van der Waals surface area contributed by atoms with Crippen LogP contribution in [0.2, 0.25) is 0 Å². The van der Waals surface area contributed by atoms with Crippen molar-refractivity contribution in [3.05, 3.63) is 47.3 Å². The van der Waals surface area contributed by atoms with Crippen LogP contribution in [0.1, 0.15) is 9.67 Å². The van der Waals surface area contributed by atoms with E-state index in [0.29, 0.717) is 4.88 Å². The zero-order valence-corrected chi connectivity index (χ0v) is 8.04. The molecular formula is C11H7O2S. The quantitative estimate of drug-likeness (QED) is 0.814. The van der Waals surface area contributed by atoms with Crippen LogP contribution in [-0.2, 0) is 0 Å². The highest BCUT2D eigenvalue weighted by molar-refractivity contribution is 7.17. The van der Waals surface area contributed by atoms with Gasteiger partial charge in [0.2, 0.25) is 0 Å². The molecule has 0 aliphatic carbocycles. The highest BCUT2D eigenvalue weighted by Gasteiger charge is 2.07. The van der Waals surface area contributed by atoms with E-state index in [1.165, 1.54) is 11.3 Å². The first-order valence-electron chi connectivity index (χ1n) is 4.07. The first-order valence-corrected chi connectivity index (χ1v) is 4.88. The van der Waals surface area contributed by atoms with Crippen LogP contribution in [0.3, 0.4) is 0 Å². The number of aromatic carboxylic acids is 1. The number of benzene rings is 1. The number of carbonyl (C=O) groups is 1. The van der Waals surface area contributed by atoms with Crippen LogP contribution in [0, 0.1) is 6.07 Å². The van der Waals surface area contributed by atoms with Crippen molar-refractivity contribution >= 4 is 17.3 Å². The van der Waals surface area contributed by atoms with E-state index >= 15 is 0 Å². The molecule has 14 heavy (non-hydrogen) atoms. The zero-order valence-electron chi connectivity index (χ0n) is 7.23. The van der Waals surface area contributed by atoms with Crippen LogP contribution in [-0.4, -0.2) is 11.1 Å². The van der Waals surface area contributed by atoms with Crippen molar-refractivity contribution in [2.45, 2.75) is 0 Å². The van der Waals surface area contributed by atoms with E-state index in [9.17, 15) is 4.79 Å². The molecule has 0 saturated heterocycles. The van der Waals surface area contributed by atoms with E-state index in [2.05, 4.69) is 6.07 Å². The number of carboxylic acids is 1. The molecule has 3 heteroatoms. The summed E-state index contributed by atoms with van der Waals surface area (Å²) in [6.07, 6.45) is 0. The molecule has 1 radical (unpaired) electrons. The van der Waals surface area contributed by atoms with Gasteiger partial charge in [-0.2, -0.15) is 0 Å². The molecule has 1 aromatic heterocycles. The fourth-order valence-electron chi connectivity index (χ4n) is 1.16. The number of thiophene rings is 1. The molecule has 2 nitrogen and oxygen atoms in total. The molecule has 1 aromatic carbocycles. The SMILES string of the molecule is O=C(O)c1ccc(-c2cc[c]cc2)s1. The van der Waals surface area contributed by atoms with E-state index < -0.39 is 5.97 Å². The molecule has 0 atom stereocenters.